The van der Waals surface area contributed by atoms with E-state index in [0.717, 1.165) is 17.0 Å². The second-order valence-corrected chi connectivity index (χ2v) is 5.39. The van der Waals surface area contributed by atoms with Crippen LogP contribution in [-0.2, 0) is 11.0 Å². The molecule has 1 N–H and O–H groups in total. The van der Waals surface area contributed by atoms with Gasteiger partial charge in [0.15, 0.2) is 5.69 Å². The molecule has 1 aromatic heterocycles. The summed E-state index contributed by atoms with van der Waals surface area (Å²) in [5.74, 6) is -3.44. The molecule has 10 heteroatoms. The van der Waals surface area contributed by atoms with Crippen LogP contribution in [0.5, 0.6) is 0 Å². The van der Waals surface area contributed by atoms with Crippen LogP contribution in [0.25, 0.3) is 5.69 Å². The molecule has 0 fully saturated rings. The summed E-state index contributed by atoms with van der Waals surface area (Å²) in [7, 11) is 0. The third kappa shape index (κ3) is 4.01. The Morgan fingerprint density at radius 2 is 1.92 bits per heavy atom. The van der Waals surface area contributed by atoms with Crippen molar-refractivity contribution in [3.8, 4) is 5.69 Å². The number of carbonyl (C=O) groups is 2. The Morgan fingerprint density at radius 3 is 2.46 bits per heavy atom. The van der Waals surface area contributed by atoms with Gasteiger partial charge in [0.25, 0.3) is 5.91 Å². The lowest BCUT2D eigenvalue weighted by molar-refractivity contribution is -0.143. The molecule has 0 radical (unpaired) electrons. The van der Waals surface area contributed by atoms with E-state index in [0.29, 0.717) is 17.3 Å². The van der Waals surface area contributed by atoms with E-state index in [1.165, 1.54) is 12.1 Å². The number of aromatic nitrogens is 2. The molecule has 26 heavy (non-hydrogen) atoms. The lowest BCUT2D eigenvalue weighted by Gasteiger charge is -2.20. The Bertz CT molecular complexity index is 817. The second kappa shape index (κ2) is 7.54. The number of para-hydroxylation sites is 1. The number of amides is 1. The van der Waals surface area contributed by atoms with Crippen LogP contribution >= 0.6 is 0 Å². The number of hydrogen-bond acceptors (Lipinski definition) is 3. The van der Waals surface area contributed by atoms with E-state index in [4.69, 9.17) is 5.11 Å². The zero-order chi connectivity index (χ0) is 19.5. The summed E-state index contributed by atoms with van der Waals surface area (Å²) in [5, 5.41) is 12.4. The van der Waals surface area contributed by atoms with Gasteiger partial charge in [0.05, 0.1) is 11.8 Å². The van der Waals surface area contributed by atoms with Crippen LogP contribution < -0.4 is 0 Å². The molecule has 1 heterocycles. The smallest absolute Gasteiger partial charge is 0.434 e. The van der Waals surface area contributed by atoms with Gasteiger partial charge < -0.3 is 10.0 Å². The van der Waals surface area contributed by atoms with E-state index in [1.54, 1.807) is 6.92 Å². The number of carbonyl (C=O) groups excluding carboxylic acids is 1. The molecule has 0 bridgehead atoms. The van der Waals surface area contributed by atoms with Crippen molar-refractivity contribution in [3.63, 3.8) is 0 Å². The molecule has 0 saturated heterocycles. The Kier molecular flexibility index (Phi) is 5.63. The molecule has 0 unspecified atom stereocenters. The zero-order valence-corrected chi connectivity index (χ0v) is 13.6. The summed E-state index contributed by atoms with van der Waals surface area (Å²) in [6.45, 7) is 0.845. The molecular weight excluding hydrogens is 358 g/mol. The number of aliphatic carboxylic acids is 1. The predicted molar refractivity (Wildman–Crippen MR) is 82.4 cm³/mol. The van der Waals surface area contributed by atoms with E-state index in [2.05, 4.69) is 5.10 Å². The van der Waals surface area contributed by atoms with Crippen LogP contribution in [0.4, 0.5) is 17.6 Å². The highest BCUT2D eigenvalue weighted by Gasteiger charge is 2.42. The van der Waals surface area contributed by atoms with Crippen molar-refractivity contribution in [2.75, 3.05) is 13.1 Å². The van der Waals surface area contributed by atoms with E-state index in [1.807, 2.05) is 0 Å². The maximum absolute atomic E-state index is 13.9. The molecule has 0 aliphatic carbocycles. The van der Waals surface area contributed by atoms with E-state index in [-0.39, 0.29) is 6.54 Å². The van der Waals surface area contributed by atoms with Crippen molar-refractivity contribution >= 4 is 11.9 Å². The van der Waals surface area contributed by atoms with Crippen molar-refractivity contribution in [1.82, 2.24) is 14.7 Å². The minimum absolute atomic E-state index is 0.0483. The van der Waals surface area contributed by atoms with Gasteiger partial charge in [-0.05, 0) is 18.6 Å². The number of carboxylic acid groups (broad SMARTS) is 1. The lowest BCUT2D eigenvalue weighted by atomic mass is 10.2. The first-order chi connectivity index (χ1) is 12.2. The average molecular weight is 373 g/mol. The summed E-state index contributed by atoms with van der Waals surface area (Å²) < 4.78 is 54.9. The van der Waals surface area contributed by atoms with Crippen LogP contribution in [0.3, 0.4) is 0 Å². The molecule has 2 rings (SSSR count). The van der Waals surface area contributed by atoms with Crippen LogP contribution in [0, 0.1) is 5.82 Å². The number of carboxylic acids is 1. The normalized spacial score (nSPS) is 11.4. The Balaban J connectivity index is 2.58. The quantitative estimate of drug-likeness (QED) is 0.790. The summed E-state index contributed by atoms with van der Waals surface area (Å²) in [6.07, 6.45) is -3.99. The predicted octanol–water partition coefficient (Wildman–Crippen LogP) is 2.97. The summed E-state index contributed by atoms with van der Waals surface area (Å²) in [5.41, 5.74) is -2.77. The number of alkyl halides is 3. The van der Waals surface area contributed by atoms with Crippen LogP contribution in [0.2, 0.25) is 0 Å². The molecule has 0 aliphatic heterocycles. The molecule has 1 aromatic carbocycles. The Hall–Kier alpha value is -2.91. The molecule has 0 saturated carbocycles. The largest absolute Gasteiger partial charge is 0.480 e. The van der Waals surface area contributed by atoms with Gasteiger partial charge in [0.2, 0.25) is 0 Å². The van der Waals surface area contributed by atoms with Crippen molar-refractivity contribution in [1.29, 1.82) is 0 Å². The molecule has 140 valence electrons. The van der Waals surface area contributed by atoms with Crippen molar-refractivity contribution in [2.24, 2.45) is 0 Å². The molecule has 6 nitrogen and oxygen atoms in total. The van der Waals surface area contributed by atoms with Gasteiger partial charge in [-0.15, -0.1) is 0 Å². The van der Waals surface area contributed by atoms with Gasteiger partial charge >= 0.3 is 12.1 Å². The highest BCUT2D eigenvalue weighted by molar-refractivity contribution is 5.97. The minimum Gasteiger partial charge on any atom is -0.480 e. The number of hydrogen-bond donors (Lipinski definition) is 1. The van der Waals surface area contributed by atoms with Gasteiger partial charge in [-0.2, -0.15) is 18.3 Å². The molecule has 0 atom stereocenters. The zero-order valence-electron chi connectivity index (χ0n) is 13.6. The van der Waals surface area contributed by atoms with Gasteiger partial charge in [-0.25, -0.2) is 9.07 Å². The highest BCUT2D eigenvalue weighted by atomic mass is 19.4. The Morgan fingerprint density at radius 1 is 1.27 bits per heavy atom. The third-order valence-electron chi connectivity index (χ3n) is 3.46. The van der Waals surface area contributed by atoms with Crippen molar-refractivity contribution < 1.29 is 32.3 Å². The molecule has 2 aromatic rings. The van der Waals surface area contributed by atoms with Gasteiger partial charge in [-0.1, -0.05) is 19.1 Å². The van der Waals surface area contributed by atoms with Crippen LogP contribution in [0.15, 0.2) is 30.5 Å². The topological polar surface area (TPSA) is 75.4 Å². The van der Waals surface area contributed by atoms with Crippen LogP contribution in [-0.4, -0.2) is 44.8 Å². The summed E-state index contributed by atoms with van der Waals surface area (Å²) in [4.78, 5) is 24.1. The third-order valence-corrected chi connectivity index (χ3v) is 3.46. The van der Waals surface area contributed by atoms with E-state index >= 15 is 0 Å². The van der Waals surface area contributed by atoms with Crippen molar-refractivity contribution in [3.05, 3.63) is 47.5 Å². The first-order valence-electron chi connectivity index (χ1n) is 7.58. The maximum atomic E-state index is 13.9. The SMILES string of the molecule is CCCN(CC(=O)O)C(=O)c1cnn(-c2ccccc2F)c1C(F)(F)F. The van der Waals surface area contributed by atoms with Gasteiger partial charge in [-0.3, -0.25) is 9.59 Å². The standard InChI is InChI=1S/C16H15F4N3O3/c1-2-7-22(9-13(24)25)15(26)10-8-21-23(14(10)16(18,19)20)12-6-4-3-5-11(12)17/h3-6,8H,2,7,9H2,1H3,(H,24,25). The number of benzene rings is 1. The van der Waals surface area contributed by atoms with Gasteiger partial charge in [0, 0.05) is 6.54 Å². The maximum Gasteiger partial charge on any atom is 0.434 e. The Labute approximate surface area is 145 Å². The average Bonchev–Trinajstić information content (AvgIpc) is 2.99. The molecule has 1 amide bonds. The van der Waals surface area contributed by atoms with E-state index < -0.39 is 47.4 Å². The fourth-order valence-electron chi connectivity index (χ4n) is 2.44. The number of nitrogens with zero attached hydrogens (tertiary/aromatic N) is 3. The molecular formula is C16H15F4N3O3. The molecule has 0 aliphatic rings. The minimum atomic E-state index is -5.01. The van der Waals surface area contributed by atoms with Crippen LogP contribution in [0.1, 0.15) is 29.4 Å². The fourth-order valence-corrected chi connectivity index (χ4v) is 2.44. The molecule has 0 spiro atoms. The van der Waals surface area contributed by atoms with E-state index in [9.17, 15) is 27.2 Å². The lowest BCUT2D eigenvalue weighted by Crippen LogP contribution is -2.37. The fraction of sp³-hybridized carbons (Fsp3) is 0.312. The number of rotatable bonds is 6. The van der Waals surface area contributed by atoms with Gasteiger partial charge in [0.1, 0.15) is 18.0 Å². The monoisotopic (exact) mass is 373 g/mol. The summed E-state index contributed by atoms with van der Waals surface area (Å²) in [6, 6.07) is 4.69. The number of halogens is 4. The second-order valence-electron chi connectivity index (χ2n) is 5.39. The summed E-state index contributed by atoms with van der Waals surface area (Å²) >= 11 is 0. The highest BCUT2D eigenvalue weighted by Crippen LogP contribution is 2.34. The first kappa shape index (κ1) is 19.4. The first-order valence-corrected chi connectivity index (χ1v) is 7.58. The van der Waals surface area contributed by atoms with Crippen molar-refractivity contribution in [2.45, 2.75) is 19.5 Å².